The minimum Gasteiger partial charge on any atom is -0.368 e. The Morgan fingerprint density at radius 2 is 1.93 bits per heavy atom. The zero-order valence-electron chi connectivity index (χ0n) is 13.7. The molecule has 2 N–H and O–H groups in total. The normalized spacial score (nSPS) is 12.0. The van der Waals surface area contributed by atoms with Crippen LogP contribution in [-0.2, 0) is 12.7 Å². The number of alkyl halides is 3. The van der Waals surface area contributed by atoms with Crippen molar-refractivity contribution in [3.63, 3.8) is 0 Å². The van der Waals surface area contributed by atoms with Gasteiger partial charge in [0.25, 0.3) is 0 Å². The van der Waals surface area contributed by atoms with Crippen LogP contribution in [0.15, 0.2) is 35.0 Å². The molecular weight excluding hydrogens is 404 g/mol. The van der Waals surface area contributed by atoms with Crippen LogP contribution in [0.25, 0.3) is 22.4 Å². The lowest BCUT2D eigenvalue weighted by Crippen LogP contribution is -2.05. The first-order valence-electron chi connectivity index (χ1n) is 7.70. The van der Waals surface area contributed by atoms with Crippen LogP contribution < -0.4 is 5.73 Å². The molecule has 0 saturated heterocycles. The number of halogens is 5. The highest BCUT2D eigenvalue weighted by molar-refractivity contribution is 6.34. The van der Waals surface area contributed by atoms with Crippen molar-refractivity contribution in [1.82, 2.24) is 24.7 Å². The lowest BCUT2D eigenvalue weighted by Gasteiger charge is -2.08. The van der Waals surface area contributed by atoms with E-state index in [9.17, 15) is 17.6 Å². The summed E-state index contributed by atoms with van der Waals surface area (Å²) in [5.74, 6) is -2.55. The Labute approximate surface area is 158 Å². The van der Waals surface area contributed by atoms with Crippen LogP contribution in [0.3, 0.4) is 0 Å². The topological polar surface area (TPSA) is 95.7 Å². The van der Waals surface area contributed by atoms with Gasteiger partial charge in [-0.15, -0.1) is 0 Å². The van der Waals surface area contributed by atoms with Gasteiger partial charge in [0.1, 0.15) is 16.6 Å². The highest BCUT2D eigenvalue weighted by Crippen LogP contribution is 2.30. The number of rotatable bonds is 3. The van der Waals surface area contributed by atoms with Crippen molar-refractivity contribution in [1.29, 1.82) is 0 Å². The Balaban J connectivity index is 1.65. The number of hydrogen-bond acceptors (Lipinski definition) is 6. The number of hydrogen-bond donors (Lipinski definition) is 1. The number of aromatic nitrogens is 5. The SMILES string of the molecule is Nc1nc(Cl)c2ccn(Cc3ccc(-c4noc(C(F)(F)F)n4)cc3F)c2n1. The summed E-state index contributed by atoms with van der Waals surface area (Å²) in [4.78, 5) is 11.2. The fourth-order valence-electron chi connectivity index (χ4n) is 2.63. The summed E-state index contributed by atoms with van der Waals surface area (Å²) in [5.41, 5.74) is 6.33. The standard InChI is InChI=1S/C16H9ClF4N6O/c17-11-9-3-4-27(13(9)25-15(22)23-11)6-8-2-1-7(5-10(8)18)12-24-14(28-26-12)16(19,20)21/h1-5H,6H2,(H2,22,23,25). The van der Waals surface area contributed by atoms with Crippen molar-refractivity contribution in [3.05, 3.63) is 52.9 Å². The van der Waals surface area contributed by atoms with Crippen molar-refractivity contribution in [3.8, 4) is 11.4 Å². The average molecular weight is 413 g/mol. The van der Waals surface area contributed by atoms with Gasteiger partial charge in [0.05, 0.1) is 11.9 Å². The quantitative estimate of drug-likeness (QED) is 0.404. The first-order chi connectivity index (χ1) is 13.2. The summed E-state index contributed by atoms with van der Waals surface area (Å²) in [6, 6.07) is 5.50. The van der Waals surface area contributed by atoms with E-state index in [1.54, 1.807) is 16.8 Å². The molecule has 0 fully saturated rings. The fraction of sp³-hybridized carbons (Fsp3) is 0.125. The molecule has 28 heavy (non-hydrogen) atoms. The molecule has 7 nitrogen and oxygen atoms in total. The van der Waals surface area contributed by atoms with E-state index in [2.05, 4.69) is 24.6 Å². The monoisotopic (exact) mass is 412 g/mol. The summed E-state index contributed by atoms with van der Waals surface area (Å²) in [6.07, 6.45) is -3.13. The summed E-state index contributed by atoms with van der Waals surface area (Å²) in [7, 11) is 0. The van der Waals surface area contributed by atoms with Gasteiger partial charge >= 0.3 is 12.1 Å². The number of nitrogens with two attached hydrogens (primary N) is 1. The molecule has 0 aliphatic heterocycles. The third-order valence-corrected chi connectivity index (χ3v) is 4.20. The Kier molecular flexibility index (Phi) is 4.18. The Bertz CT molecular complexity index is 1190. The second-order valence-electron chi connectivity index (χ2n) is 5.78. The maximum atomic E-state index is 14.5. The highest BCUT2D eigenvalue weighted by atomic mass is 35.5. The predicted octanol–water partition coefficient (Wildman–Crippen LogP) is 3.92. The molecule has 1 aromatic carbocycles. The molecule has 12 heteroatoms. The van der Waals surface area contributed by atoms with Crippen LogP contribution >= 0.6 is 11.6 Å². The molecule has 0 bridgehead atoms. The first kappa shape index (κ1) is 18.2. The number of fused-ring (bicyclic) bond motifs is 1. The smallest absolute Gasteiger partial charge is 0.368 e. The second kappa shape index (κ2) is 6.44. The largest absolute Gasteiger partial charge is 0.471 e. The lowest BCUT2D eigenvalue weighted by atomic mass is 10.1. The van der Waals surface area contributed by atoms with Gasteiger partial charge in [0.15, 0.2) is 0 Å². The van der Waals surface area contributed by atoms with Crippen LogP contribution in [0.4, 0.5) is 23.5 Å². The second-order valence-corrected chi connectivity index (χ2v) is 6.14. The van der Waals surface area contributed by atoms with Crippen LogP contribution in [-0.4, -0.2) is 24.7 Å². The van der Waals surface area contributed by atoms with Gasteiger partial charge < -0.3 is 14.8 Å². The zero-order valence-corrected chi connectivity index (χ0v) is 14.5. The Hall–Kier alpha value is -3.21. The molecule has 3 aromatic heterocycles. The maximum absolute atomic E-state index is 14.5. The molecule has 0 radical (unpaired) electrons. The van der Waals surface area contributed by atoms with Crippen molar-refractivity contribution in [2.24, 2.45) is 0 Å². The van der Waals surface area contributed by atoms with E-state index in [1.165, 1.54) is 12.1 Å². The molecule has 0 spiro atoms. The Morgan fingerprint density at radius 3 is 2.61 bits per heavy atom. The van der Waals surface area contributed by atoms with Crippen LogP contribution in [0, 0.1) is 5.82 Å². The number of anilines is 1. The van der Waals surface area contributed by atoms with E-state index in [0.717, 1.165) is 6.07 Å². The summed E-state index contributed by atoms with van der Waals surface area (Å²) < 4.78 is 58.0. The minimum atomic E-state index is -4.77. The molecule has 3 heterocycles. The molecular formula is C16H9ClF4N6O. The van der Waals surface area contributed by atoms with Gasteiger partial charge in [-0.25, -0.2) is 9.37 Å². The van der Waals surface area contributed by atoms with Gasteiger partial charge in [-0.3, -0.25) is 0 Å². The summed E-state index contributed by atoms with van der Waals surface area (Å²) in [6.45, 7) is 0.0858. The van der Waals surface area contributed by atoms with Crippen LogP contribution in [0.1, 0.15) is 11.5 Å². The molecule has 4 aromatic rings. The molecule has 0 aliphatic carbocycles. The zero-order chi connectivity index (χ0) is 20.1. The van der Waals surface area contributed by atoms with Crippen molar-refractivity contribution in [2.45, 2.75) is 12.7 Å². The van der Waals surface area contributed by atoms with E-state index in [0.29, 0.717) is 11.0 Å². The van der Waals surface area contributed by atoms with Gasteiger partial charge in [-0.2, -0.15) is 23.1 Å². The van der Waals surface area contributed by atoms with E-state index in [1.807, 2.05) is 0 Å². The third-order valence-electron chi connectivity index (χ3n) is 3.91. The van der Waals surface area contributed by atoms with Gasteiger partial charge in [-0.1, -0.05) is 28.9 Å². The molecule has 0 saturated carbocycles. The van der Waals surface area contributed by atoms with E-state index in [-0.39, 0.29) is 34.6 Å². The molecule has 4 rings (SSSR count). The van der Waals surface area contributed by atoms with Crippen LogP contribution in [0.5, 0.6) is 0 Å². The van der Waals surface area contributed by atoms with Gasteiger partial charge in [0, 0.05) is 17.3 Å². The molecule has 0 atom stereocenters. The van der Waals surface area contributed by atoms with Crippen molar-refractivity contribution in [2.75, 3.05) is 5.73 Å². The van der Waals surface area contributed by atoms with Crippen molar-refractivity contribution < 1.29 is 22.1 Å². The number of nitrogens with zero attached hydrogens (tertiary/aromatic N) is 5. The molecule has 0 aliphatic rings. The van der Waals surface area contributed by atoms with Crippen molar-refractivity contribution >= 4 is 28.6 Å². The maximum Gasteiger partial charge on any atom is 0.471 e. The van der Waals surface area contributed by atoms with Gasteiger partial charge in [0.2, 0.25) is 11.8 Å². The summed E-state index contributed by atoms with van der Waals surface area (Å²) >= 11 is 6.01. The minimum absolute atomic E-state index is 0.0224. The molecule has 0 unspecified atom stereocenters. The molecule has 0 amide bonds. The average Bonchev–Trinajstić information content (AvgIpc) is 3.24. The fourth-order valence-corrected chi connectivity index (χ4v) is 2.86. The Morgan fingerprint density at radius 1 is 1.14 bits per heavy atom. The first-order valence-corrected chi connectivity index (χ1v) is 8.08. The lowest BCUT2D eigenvalue weighted by molar-refractivity contribution is -0.159. The van der Waals surface area contributed by atoms with Gasteiger partial charge in [-0.05, 0) is 12.1 Å². The summed E-state index contributed by atoms with van der Waals surface area (Å²) in [5, 5.41) is 3.97. The van der Waals surface area contributed by atoms with E-state index < -0.39 is 17.9 Å². The predicted molar refractivity (Wildman–Crippen MR) is 90.7 cm³/mol. The third kappa shape index (κ3) is 3.24. The molecule has 144 valence electrons. The van der Waals surface area contributed by atoms with E-state index in [4.69, 9.17) is 17.3 Å². The van der Waals surface area contributed by atoms with E-state index >= 15 is 0 Å². The number of benzene rings is 1. The van der Waals surface area contributed by atoms with Crippen LogP contribution in [0.2, 0.25) is 5.15 Å². The highest BCUT2D eigenvalue weighted by Gasteiger charge is 2.38. The number of nitrogen functional groups attached to an aromatic ring is 1.